The minimum Gasteiger partial charge on any atom is -0.0991 e. The van der Waals surface area contributed by atoms with Gasteiger partial charge in [-0.05, 0) is 31.1 Å². The molecule has 0 radical (unpaired) electrons. The summed E-state index contributed by atoms with van der Waals surface area (Å²) in [6.07, 6.45) is 8.03. The standard InChI is InChI=1S/C11H18/c1-4-5-11-7-6-9(2)10(3)8-11/h4-5,9-10H,1,6-8H2,2-3H3/b11-5+/t9-,10+/m1/s1. The van der Waals surface area contributed by atoms with Crippen LogP contribution in [0.3, 0.4) is 0 Å². The van der Waals surface area contributed by atoms with E-state index in [0.29, 0.717) is 0 Å². The lowest BCUT2D eigenvalue weighted by Crippen LogP contribution is -2.14. The summed E-state index contributed by atoms with van der Waals surface area (Å²) in [4.78, 5) is 0. The second-order valence-electron chi connectivity index (χ2n) is 3.76. The van der Waals surface area contributed by atoms with E-state index in [-0.39, 0.29) is 0 Å². The van der Waals surface area contributed by atoms with Gasteiger partial charge in [-0.3, -0.25) is 0 Å². The smallest absolute Gasteiger partial charge is 0.0289 e. The summed E-state index contributed by atoms with van der Waals surface area (Å²) in [7, 11) is 0. The van der Waals surface area contributed by atoms with Gasteiger partial charge in [0.15, 0.2) is 0 Å². The predicted molar refractivity (Wildman–Crippen MR) is 50.5 cm³/mol. The van der Waals surface area contributed by atoms with Gasteiger partial charge in [-0.1, -0.05) is 38.2 Å². The average molecular weight is 150 g/mol. The first-order valence-electron chi connectivity index (χ1n) is 4.54. The maximum absolute atomic E-state index is 3.72. The highest BCUT2D eigenvalue weighted by atomic mass is 14.2. The minimum atomic E-state index is 0.870. The molecule has 2 atom stereocenters. The van der Waals surface area contributed by atoms with E-state index in [0.717, 1.165) is 11.8 Å². The molecule has 0 heteroatoms. The van der Waals surface area contributed by atoms with Gasteiger partial charge in [-0.25, -0.2) is 0 Å². The van der Waals surface area contributed by atoms with Gasteiger partial charge in [0.25, 0.3) is 0 Å². The van der Waals surface area contributed by atoms with Crippen molar-refractivity contribution in [2.75, 3.05) is 0 Å². The predicted octanol–water partition coefficient (Wildman–Crippen LogP) is 3.55. The quantitative estimate of drug-likeness (QED) is 0.536. The molecule has 0 bridgehead atoms. The van der Waals surface area contributed by atoms with Gasteiger partial charge in [-0.2, -0.15) is 0 Å². The van der Waals surface area contributed by atoms with Crippen molar-refractivity contribution in [2.24, 2.45) is 11.8 Å². The normalized spacial score (nSPS) is 35.6. The molecule has 11 heavy (non-hydrogen) atoms. The van der Waals surface area contributed by atoms with Crippen molar-refractivity contribution in [3.05, 3.63) is 24.3 Å². The van der Waals surface area contributed by atoms with Crippen LogP contribution < -0.4 is 0 Å². The van der Waals surface area contributed by atoms with Crippen LogP contribution in [0.15, 0.2) is 24.3 Å². The third-order valence-electron chi connectivity index (χ3n) is 2.83. The lowest BCUT2D eigenvalue weighted by Gasteiger charge is -2.27. The highest BCUT2D eigenvalue weighted by Gasteiger charge is 2.19. The number of hydrogen-bond acceptors (Lipinski definition) is 0. The van der Waals surface area contributed by atoms with E-state index in [1.54, 1.807) is 5.57 Å². The Morgan fingerprint density at radius 1 is 1.36 bits per heavy atom. The summed E-state index contributed by atoms with van der Waals surface area (Å²) in [5.74, 6) is 1.78. The van der Waals surface area contributed by atoms with Gasteiger partial charge in [0.1, 0.15) is 0 Å². The van der Waals surface area contributed by atoms with Crippen LogP contribution in [0.4, 0.5) is 0 Å². The molecule has 1 aliphatic carbocycles. The Morgan fingerprint density at radius 3 is 2.64 bits per heavy atom. The molecule has 0 nitrogen and oxygen atoms in total. The molecule has 0 N–H and O–H groups in total. The van der Waals surface area contributed by atoms with E-state index in [4.69, 9.17) is 0 Å². The van der Waals surface area contributed by atoms with Crippen LogP contribution in [0.1, 0.15) is 33.1 Å². The maximum atomic E-state index is 3.72. The molecule has 1 fully saturated rings. The number of rotatable bonds is 1. The van der Waals surface area contributed by atoms with Gasteiger partial charge >= 0.3 is 0 Å². The van der Waals surface area contributed by atoms with Crippen molar-refractivity contribution in [3.8, 4) is 0 Å². The second-order valence-corrected chi connectivity index (χ2v) is 3.76. The van der Waals surface area contributed by atoms with Crippen molar-refractivity contribution < 1.29 is 0 Å². The van der Waals surface area contributed by atoms with E-state index in [9.17, 15) is 0 Å². The number of hydrogen-bond donors (Lipinski definition) is 0. The monoisotopic (exact) mass is 150 g/mol. The third-order valence-corrected chi connectivity index (χ3v) is 2.83. The average Bonchev–Trinajstić information content (AvgIpc) is 1.98. The molecular weight excluding hydrogens is 132 g/mol. The summed E-state index contributed by atoms with van der Waals surface area (Å²) < 4.78 is 0. The Bertz CT molecular complexity index is 165. The van der Waals surface area contributed by atoms with Crippen LogP contribution >= 0.6 is 0 Å². The van der Waals surface area contributed by atoms with Crippen LogP contribution in [-0.4, -0.2) is 0 Å². The lowest BCUT2D eigenvalue weighted by molar-refractivity contribution is 0.323. The fourth-order valence-electron chi connectivity index (χ4n) is 1.73. The molecule has 1 saturated carbocycles. The second kappa shape index (κ2) is 3.75. The van der Waals surface area contributed by atoms with Crippen molar-refractivity contribution in [2.45, 2.75) is 33.1 Å². The van der Waals surface area contributed by atoms with Crippen molar-refractivity contribution >= 4 is 0 Å². The molecule has 0 amide bonds. The van der Waals surface area contributed by atoms with E-state index in [1.807, 2.05) is 6.08 Å². The molecule has 0 aliphatic heterocycles. The zero-order chi connectivity index (χ0) is 8.27. The molecule has 1 aliphatic rings. The van der Waals surface area contributed by atoms with E-state index in [1.165, 1.54) is 19.3 Å². The first-order valence-corrected chi connectivity index (χ1v) is 4.54. The minimum absolute atomic E-state index is 0.870. The van der Waals surface area contributed by atoms with Gasteiger partial charge in [0, 0.05) is 0 Å². The molecule has 0 aromatic carbocycles. The van der Waals surface area contributed by atoms with E-state index < -0.39 is 0 Å². The molecule has 0 spiro atoms. The third kappa shape index (κ3) is 2.21. The summed E-state index contributed by atoms with van der Waals surface area (Å²) in [6, 6.07) is 0. The molecule has 1 rings (SSSR count). The summed E-state index contributed by atoms with van der Waals surface area (Å²) in [5, 5.41) is 0. The van der Waals surface area contributed by atoms with Crippen molar-refractivity contribution in [3.63, 3.8) is 0 Å². The Hall–Kier alpha value is -0.520. The van der Waals surface area contributed by atoms with Crippen LogP contribution in [0.2, 0.25) is 0 Å². The maximum Gasteiger partial charge on any atom is -0.0289 e. The van der Waals surface area contributed by atoms with Gasteiger partial charge in [0.05, 0.1) is 0 Å². The molecule has 0 aromatic rings. The molecule has 0 aromatic heterocycles. The molecule has 0 saturated heterocycles. The summed E-state index contributed by atoms with van der Waals surface area (Å²) in [6.45, 7) is 8.43. The zero-order valence-electron chi connectivity index (χ0n) is 7.64. The Balaban J connectivity index is 2.52. The Morgan fingerprint density at radius 2 is 2.09 bits per heavy atom. The van der Waals surface area contributed by atoms with E-state index in [2.05, 4.69) is 26.5 Å². The van der Waals surface area contributed by atoms with Crippen molar-refractivity contribution in [1.82, 2.24) is 0 Å². The summed E-state index contributed by atoms with van der Waals surface area (Å²) in [5.41, 5.74) is 1.59. The molecule has 0 heterocycles. The van der Waals surface area contributed by atoms with Crippen LogP contribution in [0.25, 0.3) is 0 Å². The van der Waals surface area contributed by atoms with Crippen LogP contribution in [-0.2, 0) is 0 Å². The first kappa shape index (κ1) is 8.58. The highest BCUT2D eigenvalue weighted by molar-refractivity contribution is 5.12. The van der Waals surface area contributed by atoms with E-state index >= 15 is 0 Å². The van der Waals surface area contributed by atoms with Crippen LogP contribution in [0.5, 0.6) is 0 Å². The zero-order valence-corrected chi connectivity index (χ0v) is 7.64. The van der Waals surface area contributed by atoms with Crippen molar-refractivity contribution in [1.29, 1.82) is 0 Å². The van der Waals surface area contributed by atoms with Gasteiger partial charge in [0.2, 0.25) is 0 Å². The fraction of sp³-hybridized carbons (Fsp3) is 0.636. The molecular formula is C11H18. The first-order chi connectivity index (χ1) is 5.24. The Labute approximate surface area is 70.0 Å². The Kier molecular flexibility index (Phi) is 2.92. The van der Waals surface area contributed by atoms with Gasteiger partial charge in [-0.15, -0.1) is 0 Å². The largest absolute Gasteiger partial charge is 0.0991 e. The molecule has 0 unspecified atom stereocenters. The topological polar surface area (TPSA) is 0 Å². The molecule has 62 valence electrons. The van der Waals surface area contributed by atoms with Crippen LogP contribution in [0, 0.1) is 11.8 Å². The van der Waals surface area contributed by atoms with Gasteiger partial charge < -0.3 is 0 Å². The SMILES string of the molecule is C=C/C=C1\CC[C@@H](C)[C@@H](C)C1. The number of allylic oxidation sites excluding steroid dienone is 3. The fourth-order valence-corrected chi connectivity index (χ4v) is 1.73. The highest BCUT2D eigenvalue weighted by Crippen LogP contribution is 2.32. The summed E-state index contributed by atoms with van der Waals surface area (Å²) >= 11 is 0. The lowest BCUT2D eigenvalue weighted by atomic mass is 9.79.